The molecule has 0 bridgehead atoms. The standard InChI is InChI=1S/C22H13F12N3/c23-19(24,25)10-6-13(21(29,30)31)17(15(35)8-10)37(12-4-2-1-3-5-12)18-14(22(32,33)34)7-11(9-16(18)36)20(26,27)28/h1-9H,35-36H2. The van der Waals surface area contributed by atoms with E-state index in [0.29, 0.717) is 0 Å². The van der Waals surface area contributed by atoms with Gasteiger partial charge in [0, 0.05) is 5.69 Å². The van der Waals surface area contributed by atoms with Gasteiger partial charge in [0.2, 0.25) is 0 Å². The number of hydrogen-bond donors (Lipinski definition) is 2. The van der Waals surface area contributed by atoms with Gasteiger partial charge in [0.25, 0.3) is 0 Å². The van der Waals surface area contributed by atoms with E-state index in [2.05, 4.69) is 0 Å². The zero-order valence-electron chi connectivity index (χ0n) is 17.8. The number of para-hydroxylation sites is 1. The van der Waals surface area contributed by atoms with E-state index in [1.165, 1.54) is 6.07 Å². The number of anilines is 5. The Morgan fingerprint density at radius 3 is 1.14 bits per heavy atom. The van der Waals surface area contributed by atoms with Crippen LogP contribution >= 0.6 is 0 Å². The zero-order valence-corrected chi connectivity index (χ0v) is 17.8. The molecule has 0 radical (unpaired) electrons. The second-order valence-corrected chi connectivity index (χ2v) is 7.59. The minimum absolute atomic E-state index is 0.0635. The van der Waals surface area contributed by atoms with Crippen LogP contribution in [-0.4, -0.2) is 0 Å². The molecule has 0 aromatic heterocycles. The SMILES string of the molecule is Nc1cc(C(F)(F)F)cc(C(F)(F)F)c1N(c1ccccc1)c1c(N)cc(C(F)(F)F)cc1C(F)(F)F. The number of nitrogen functional groups attached to an aromatic ring is 2. The molecule has 0 spiro atoms. The molecule has 3 rings (SSSR count). The van der Waals surface area contributed by atoms with Crippen molar-refractivity contribution in [2.45, 2.75) is 24.7 Å². The minimum atomic E-state index is -5.60. The van der Waals surface area contributed by atoms with Crippen molar-refractivity contribution < 1.29 is 52.7 Å². The van der Waals surface area contributed by atoms with Crippen LogP contribution in [-0.2, 0) is 24.7 Å². The Morgan fingerprint density at radius 2 is 0.838 bits per heavy atom. The number of alkyl halides is 12. The van der Waals surface area contributed by atoms with Gasteiger partial charge in [-0.2, -0.15) is 52.7 Å². The van der Waals surface area contributed by atoms with Crippen LogP contribution in [0, 0.1) is 0 Å². The van der Waals surface area contributed by atoms with Crippen LogP contribution < -0.4 is 16.4 Å². The van der Waals surface area contributed by atoms with Crippen molar-refractivity contribution in [2.75, 3.05) is 16.4 Å². The Morgan fingerprint density at radius 1 is 0.486 bits per heavy atom. The molecule has 0 atom stereocenters. The lowest BCUT2D eigenvalue weighted by atomic mass is 9.99. The first kappa shape index (κ1) is 27.8. The topological polar surface area (TPSA) is 55.3 Å². The van der Waals surface area contributed by atoms with E-state index in [4.69, 9.17) is 11.5 Å². The Labute approximate surface area is 199 Å². The van der Waals surface area contributed by atoms with E-state index in [-0.39, 0.29) is 29.2 Å². The summed E-state index contributed by atoms with van der Waals surface area (Å²) in [7, 11) is 0. The fourth-order valence-corrected chi connectivity index (χ4v) is 3.52. The molecule has 3 aromatic rings. The van der Waals surface area contributed by atoms with E-state index in [1.54, 1.807) is 0 Å². The quantitative estimate of drug-likeness (QED) is 0.256. The number of benzene rings is 3. The highest BCUT2D eigenvalue weighted by Crippen LogP contribution is 2.53. The van der Waals surface area contributed by atoms with Gasteiger partial charge in [-0.3, -0.25) is 0 Å². The van der Waals surface area contributed by atoms with Crippen molar-refractivity contribution in [3.63, 3.8) is 0 Å². The molecule has 0 unspecified atom stereocenters. The molecule has 3 aromatic carbocycles. The first-order valence-electron chi connectivity index (χ1n) is 9.74. The van der Waals surface area contributed by atoms with Gasteiger partial charge in [0.1, 0.15) is 0 Å². The lowest BCUT2D eigenvalue weighted by Gasteiger charge is -2.33. The Hall–Kier alpha value is -3.78. The van der Waals surface area contributed by atoms with Gasteiger partial charge in [-0.25, -0.2) is 0 Å². The molecular weight excluding hydrogens is 534 g/mol. The van der Waals surface area contributed by atoms with E-state index in [0.717, 1.165) is 24.3 Å². The predicted molar refractivity (Wildman–Crippen MR) is 110 cm³/mol. The van der Waals surface area contributed by atoms with Crippen molar-refractivity contribution >= 4 is 28.4 Å². The second kappa shape index (κ2) is 8.95. The zero-order chi connectivity index (χ0) is 28.1. The number of nitrogens with two attached hydrogens (primary N) is 2. The normalized spacial score (nSPS) is 13.1. The van der Waals surface area contributed by atoms with Crippen LogP contribution in [0.25, 0.3) is 0 Å². The molecule has 15 heteroatoms. The molecule has 0 heterocycles. The van der Waals surface area contributed by atoms with Crippen LogP contribution in [0.2, 0.25) is 0 Å². The highest BCUT2D eigenvalue weighted by atomic mass is 19.4. The first-order valence-corrected chi connectivity index (χ1v) is 9.74. The summed E-state index contributed by atoms with van der Waals surface area (Å²) in [5, 5.41) is 0. The highest BCUT2D eigenvalue weighted by Gasteiger charge is 2.45. The van der Waals surface area contributed by atoms with Crippen molar-refractivity contribution in [1.29, 1.82) is 0 Å². The fraction of sp³-hybridized carbons (Fsp3) is 0.182. The molecular formula is C22H13F12N3. The van der Waals surface area contributed by atoms with Gasteiger partial charge in [0.05, 0.1) is 45.0 Å². The summed E-state index contributed by atoms with van der Waals surface area (Å²) in [6.07, 6.45) is -21.9. The third-order valence-electron chi connectivity index (χ3n) is 5.01. The van der Waals surface area contributed by atoms with Gasteiger partial charge in [-0.15, -0.1) is 0 Å². The van der Waals surface area contributed by atoms with Crippen molar-refractivity contribution in [1.82, 2.24) is 0 Å². The van der Waals surface area contributed by atoms with Gasteiger partial charge < -0.3 is 16.4 Å². The van der Waals surface area contributed by atoms with E-state index in [1.807, 2.05) is 0 Å². The van der Waals surface area contributed by atoms with Crippen molar-refractivity contribution in [2.24, 2.45) is 0 Å². The second-order valence-electron chi connectivity index (χ2n) is 7.59. The summed E-state index contributed by atoms with van der Waals surface area (Å²) >= 11 is 0. The predicted octanol–water partition coefficient (Wildman–Crippen LogP) is 8.40. The number of halogens is 12. The molecule has 0 aliphatic carbocycles. The van der Waals surface area contributed by atoms with E-state index < -0.39 is 75.4 Å². The summed E-state index contributed by atoms with van der Waals surface area (Å²) in [6, 6.07) is 4.95. The molecule has 0 aliphatic heterocycles. The third kappa shape index (κ3) is 5.64. The van der Waals surface area contributed by atoms with Gasteiger partial charge in [-0.05, 0) is 36.4 Å². The van der Waals surface area contributed by atoms with Crippen molar-refractivity contribution in [3.05, 3.63) is 76.9 Å². The Kier molecular flexibility index (Phi) is 6.73. The summed E-state index contributed by atoms with van der Waals surface area (Å²) < 4.78 is 163. The van der Waals surface area contributed by atoms with Gasteiger partial charge >= 0.3 is 24.7 Å². The van der Waals surface area contributed by atoms with Crippen LogP contribution in [0.3, 0.4) is 0 Å². The maximum atomic E-state index is 14.0. The monoisotopic (exact) mass is 547 g/mol. The lowest BCUT2D eigenvalue weighted by molar-refractivity contribution is -0.143. The number of rotatable bonds is 3. The smallest absolute Gasteiger partial charge is 0.397 e. The lowest BCUT2D eigenvalue weighted by Crippen LogP contribution is -2.24. The molecule has 3 nitrogen and oxygen atoms in total. The summed E-state index contributed by atoms with van der Waals surface area (Å²) in [6.45, 7) is 0. The Bertz CT molecular complexity index is 1210. The summed E-state index contributed by atoms with van der Waals surface area (Å²) in [5.74, 6) is 0. The summed E-state index contributed by atoms with van der Waals surface area (Å²) in [5.41, 5.74) is -2.65. The molecule has 0 aliphatic rings. The average molecular weight is 547 g/mol. The number of hydrogen-bond acceptors (Lipinski definition) is 3. The number of nitrogens with zero attached hydrogens (tertiary/aromatic N) is 1. The Balaban J connectivity index is 2.54. The van der Waals surface area contributed by atoms with Crippen molar-refractivity contribution in [3.8, 4) is 0 Å². The van der Waals surface area contributed by atoms with Crippen LogP contribution in [0.1, 0.15) is 22.3 Å². The van der Waals surface area contributed by atoms with E-state index >= 15 is 0 Å². The third-order valence-corrected chi connectivity index (χ3v) is 5.01. The van der Waals surface area contributed by atoms with Crippen LogP contribution in [0.5, 0.6) is 0 Å². The molecule has 4 N–H and O–H groups in total. The van der Waals surface area contributed by atoms with Crippen LogP contribution in [0.4, 0.5) is 81.1 Å². The molecule has 0 amide bonds. The van der Waals surface area contributed by atoms with E-state index in [9.17, 15) is 52.7 Å². The maximum absolute atomic E-state index is 14.0. The maximum Gasteiger partial charge on any atom is 0.418 e. The molecule has 0 saturated heterocycles. The summed E-state index contributed by atoms with van der Waals surface area (Å²) in [4.78, 5) is 0.136. The van der Waals surface area contributed by atoms with Crippen LogP contribution in [0.15, 0.2) is 54.6 Å². The van der Waals surface area contributed by atoms with Gasteiger partial charge in [-0.1, -0.05) is 18.2 Å². The molecule has 0 fully saturated rings. The molecule has 0 saturated carbocycles. The highest BCUT2D eigenvalue weighted by molar-refractivity contribution is 5.92. The molecule has 37 heavy (non-hydrogen) atoms. The largest absolute Gasteiger partial charge is 0.418 e. The minimum Gasteiger partial charge on any atom is -0.397 e. The molecule has 200 valence electrons. The average Bonchev–Trinajstić information content (AvgIpc) is 2.73. The fourth-order valence-electron chi connectivity index (χ4n) is 3.52. The van der Waals surface area contributed by atoms with Gasteiger partial charge in [0.15, 0.2) is 0 Å². The first-order chi connectivity index (χ1) is 16.7.